The number of anilines is 2. The SMILES string of the molecule is COC(=O)N1c2ccc(C3CNN(CCO)C3)cc2N(C(=O)OC(C)C)C[C@@H]1C. The molecule has 1 saturated heterocycles. The van der Waals surface area contributed by atoms with Crippen molar-refractivity contribution in [2.45, 2.75) is 38.8 Å². The summed E-state index contributed by atoms with van der Waals surface area (Å²) in [4.78, 5) is 28.3. The molecule has 1 aromatic carbocycles. The highest BCUT2D eigenvalue weighted by Crippen LogP contribution is 2.39. The molecule has 2 aliphatic rings. The summed E-state index contributed by atoms with van der Waals surface area (Å²) in [6.45, 7) is 7.95. The fraction of sp³-hybridized carbons (Fsp3) is 0.600. The number of hydrazine groups is 1. The van der Waals surface area contributed by atoms with E-state index in [9.17, 15) is 9.59 Å². The molecule has 2 atom stereocenters. The third-order valence-electron chi connectivity index (χ3n) is 5.21. The zero-order chi connectivity index (χ0) is 21.1. The number of β-amino-alcohol motifs (C(OH)–C–C–N with tert-alkyl or cyclic N) is 1. The molecule has 9 nitrogen and oxygen atoms in total. The minimum absolute atomic E-state index is 0.0880. The second-order valence-corrected chi connectivity index (χ2v) is 7.71. The Balaban J connectivity index is 1.96. The normalized spacial score (nSPS) is 22.0. The van der Waals surface area contributed by atoms with E-state index in [1.165, 1.54) is 7.11 Å². The van der Waals surface area contributed by atoms with Crippen LogP contribution < -0.4 is 15.2 Å². The number of fused-ring (bicyclic) bond motifs is 1. The van der Waals surface area contributed by atoms with E-state index in [1.54, 1.807) is 9.80 Å². The van der Waals surface area contributed by atoms with Crippen LogP contribution in [0.2, 0.25) is 0 Å². The molecule has 9 heteroatoms. The van der Waals surface area contributed by atoms with Gasteiger partial charge in [0.15, 0.2) is 0 Å². The Bertz CT molecular complexity index is 756. The fourth-order valence-electron chi connectivity index (χ4n) is 3.86. The maximum Gasteiger partial charge on any atom is 0.414 e. The molecule has 2 aliphatic heterocycles. The van der Waals surface area contributed by atoms with Gasteiger partial charge in [0.2, 0.25) is 0 Å². The molecule has 0 spiro atoms. The van der Waals surface area contributed by atoms with Crippen LogP contribution in [0.5, 0.6) is 0 Å². The lowest BCUT2D eigenvalue weighted by atomic mass is 9.97. The molecule has 2 N–H and O–H groups in total. The Morgan fingerprint density at radius 3 is 2.66 bits per heavy atom. The second kappa shape index (κ2) is 8.98. The number of hydrogen-bond acceptors (Lipinski definition) is 7. The van der Waals surface area contributed by atoms with Gasteiger partial charge in [0.05, 0.1) is 43.8 Å². The highest BCUT2D eigenvalue weighted by atomic mass is 16.6. The Labute approximate surface area is 171 Å². The number of ether oxygens (including phenoxy) is 2. The lowest BCUT2D eigenvalue weighted by molar-refractivity contribution is 0.121. The summed E-state index contributed by atoms with van der Waals surface area (Å²) < 4.78 is 10.4. The van der Waals surface area contributed by atoms with Gasteiger partial charge in [-0.15, -0.1) is 0 Å². The topological polar surface area (TPSA) is 94.6 Å². The lowest BCUT2D eigenvalue weighted by Gasteiger charge is -2.40. The monoisotopic (exact) mass is 406 g/mol. The first kappa shape index (κ1) is 21.4. The minimum atomic E-state index is -0.458. The summed E-state index contributed by atoms with van der Waals surface area (Å²) in [5, 5.41) is 11.1. The molecule has 2 amide bonds. The van der Waals surface area contributed by atoms with E-state index in [0.717, 1.165) is 18.7 Å². The number of benzene rings is 1. The van der Waals surface area contributed by atoms with Gasteiger partial charge in [-0.3, -0.25) is 15.2 Å². The minimum Gasteiger partial charge on any atom is -0.452 e. The van der Waals surface area contributed by atoms with Gasteiger partial charge in [0.1, 0.15) is 0 Å². The standard InChI is InChI=1S/C20H30N4O5/c1-13(2)29-19(26)23-11-14(3)24(20(27)28-4)17-6-5-15(9-18(17)23)16-10-21-22(12-16)7-8-25/h5-6,9,13-14,16,21,25H,7-8,10-12H2,1-4H3/t14-,16?/m0/s1. The van der Waals surface area contributed by atoms with Gasteiger partial charge in [-0.1, -0.05) is 6.07 Å². The van der Waals surface area contributed by atoms with Gasteiger partial charge in [0.25, 0.3) is 0 Å². The second-order valence-electron chi connectivity index (χ2n) is 7.71. The fourth-order valence-corrected chi connectivity index (χ4v) is 3.86. The molecule has 1 fully saturated rings. The molecule has 2 heterocycles. The van der Waals surface area contributed by atoms with Crippen molar-refractivity contribution in [1.29, 1.82) is 0 Å². The van der Waals surface area contributed by atoms with Gasteiger partial charge >= 0.3 is 12.2 Å². The Morgan fingerprint density at radius 1 is 1.24 bits per heavy atom. The summed E-state index contributed by atoms with van der Waals surface area (Å²) in [5.41, 5.74) is 5.59. The summed E-state index contributed by atoms with van der Waals surface area (Å²) in [7, 11) is 1.35. The molecule has 1 aromatic rings. The van der Waals surface area contributed by atoms with E-state index in [-0.39, 0.29) is 24.7 Å². The van der Waals surface area contributed by atoms with Crippen molar-refractivity contribution in [3.8, 4) is 0 Å². The summed E-state index contributed by atoms with van der Waals surface area (Å²) in [5.74, 6) is 0.209. The predicted molar refractivity (Wildman–Crippen MR) is 109 cm³/mol. The number of aliphatic hydroxyl groups excluding tert-OH is 1. The quantitative estimate of drug-likeness (QED) is 0.789. The van der Waals surface area contributed by atoms with Crippen molar-refractivity contribution in [2.75, 3.05) is 49.7 Å². The van der Waals surface area contributed by atoms with Crippen LogP contribution in [-0.2, 0) is 9.47 Å². The molecule has 160 valence electrons. The average molecular weight is 406 g/mol. The average Bonchev–Trinajstić information content (AvgIpc) is 3.15. The van der Waals surface area contributed by atoms with Gasteiger partial charge in [0, 0.05) is 25.6 Å². The number of aliphatic hydroxyl groups is 1. The van der Waals surface area contributed by atoms with Crippen LogP contribution in [-0.4, -0.2) is 74.3 Å². The molecule has 29 heavy (non-hydrogen) atoms. The van der Waals surface area contributed by atoms with E-state index in [0.29, 0.717) is 24.5 Å². The van der Waals surface area contributed by atoms with E-state index in [2.05, 4.69) is 5.43 Å². The summed E-state index contributed by atoms with van der Waals surface area (Å²) >= 11 is 0. The largest absolute Gasteiger partial charge is 0.452 e. The molecule has 3 rings (SSSR count). The van der Waals surface area contributed by atoms with Crippen molar-refractivity contribution in [1.82, 2.24) is 10.4 Å². The first-order valence-corrected chi connectivity index (χ1v) is 9.94. The van der Waals surface area contributed by atoms with Crippen LogP contribution in [0.3, 0.4) is 0 Å². The maximum absolute atomic E-state index is 12.8. The van der Waals surface area contributed by atoms with Crippen LogP contribution in [0.15, 0.2) is 18.2 Å². The van der Waals surface area contributed by atoms with E-state index in [1.807, 2.05) is 44.0 Å². The van der Waals surface area contributed by atoms with E-state index in [4.69, 9.17) is 14.6 Å². The van der Waals surface area contributed by atoms with Crippen molar-refractivity contribution in [3.63, 3.8) is 0 Å². The number of hydrogen-bond donors (Lipinski definition) is 2. The first-order valence-electron chi connectivity index (χ1n) is 9.94. The van der Waals surface area contributed by atoms with Crippen molar-refractivity contribution in [3.05, 3.63) is 23.8 Å². The maximum atomic E-state index is 12.8. The zero-order valence-corrected chi connectivity index (χ0v) is 17.4. The third-order valence-corrected chi connectivity index (χ3v) is 5.21. The number of carbonyl (C=O) groups is 2. The Hall–Kier alpha value is -2.36. The predicted octanol–water partition coefficient (Wildman–Crippen LogP) is 1.91. The van der Waals surface area contributed by atoms with E-state index >= 15 is 0 Å². The third kappa shape index (κ3) is 4.47. The number of nitrogens with one attached hydrogen (secondary N) is 1. The van der Waals surface area contributed by atoms with Crippen LogP contribution in [0.25, 0.3) is 0 Å². The smallest absolute Gasteiger partial charge is 0.414 e. The summed E-state index contributed by atoms with van der Waals surface area (Å²) in [6.07, 6.45) is -1.13. The number of carbonyl (C=O) groups excluding carboxylic acids is 2. The van der Waals surface area contributed by atoms with Gasteiger partial charge < -0.3 is 14.6 Å². The van der Waals surface area contributed by atoms with E-state index < -0.39 is 12.2 Å². The number of rotatable bonds is 4. The number of methoxy groups -OCH3 is 1. The highest BCUT2D eigenvalue weighted by Gasteiger charge is 2.37. The molecule has 1 unspecified atom stereocenters. The Kier molecular flexibility index (Phi) is 6.61. The van der Waals surface area contributed by atoms with Gasteiger partial charge in [-0.05, 0) is 38.5 Å². The molecule has 0 radical (unpaired) electrons. The van der Waals surface area contributed by atoms with Crippen LogP contribution in [0.4, 0.5) is 21.0 Å². The molecule has 0 saturated carbocycles. The van der Waals surface area contributed by atoms with Crippen LogP contribution in [0, 0.1) is 0 Å². The molecule has 0 aromatic heterocycles. The van der Waals surface area contributed by atoms with Crippen LogP contribution >= 0.6 is 0 Å². The molecule has 0 bridgehead atoms. The molecular weight excluding hydrogens is 376 g/mol. The highest BCUT2D eigenvalue weighted by molar-refractivity contribution is 6.00. The zero-order valence-electron chi connectivity index (χ0n) is 17.4. The molecule has 0 aliphatic carbocycles. The number of nitrogens with zero attached hydrogens (tertiary/aromatic N) is 3. The first-order chi connectivity index (χ1) is 13.8. The lowest BCUT2D eigenvalue weighted by Crippen LogP contribution is -2.52. The van der Waals surface area contributed by atoms with Gasteiger partial charge in [-0.2, -0.15) is 0 Å². The van der Waals surface area contributed by atoms with Crippen molar-refractivity contribution < 1.29 is 24.2 Å². The summed E-state index contributed by atoms with van der Waals surface area (Å²) in [6, 6.07) is 5.54. The van der Waals surface area contributed by atoms with Crippen LogP contribution in [0.1, 0.15) is 32.3 Å². The van der Waals surface area contributed by atoms with Crippen molar-refractivity contribution in [2.24, 2.45) is 0 Å². The number of amides is 2. The molecular formula is C20H30N4O5. The van der Waals surface area contributed by atoms with Gasteiger partial charge in [-0.25, -0.2) is 14.6 Å². The van der Waals surface area contributed by atoms with Crippen molar-refractivity contribution >= 4 is 23.6 Å². The Morgan fingerprint density at radius 2 is 2.00 bits per heavy atom.